The highest BCUT2D eigenvalue weighted by Gasteiger charge is 2.34. The summed E-state index contributed by atoms with van der Waals surface area (Å²) in [6, 6.07) is 0. The van der Waals surface area contributed by atoms with Gasteiger partial charge in [0.05, 0.1) is 131 Å². The number of nitrogens with zero attached hydrogens (tertiary/aromatic N) is 4. The van der Waals surface area contributed by atoms with Crippen molar-refractivity contribution in [3.05, 3.63) is 10.4 Å². The summed E-state index contributed by atoms with van der Waals surface area (Å²) in [6.07, 6.45) is -14.3. The molecule has 0 saturated heterocycles. The fourth-order valence-corrected chi connectivity index (χ4v) is 4.11. The van der Waals surface area contributed by atoms with E-state index in [2.05, 4.69) is 10.0 Å². The monoisotopic (exact) mass is 766 g/mol. The Labute approximate surface area is 303 Å². The Hall–Kier alpha value is -1.45. The Balaban J connectivity index is 3.97. The first-order valence-corrected chi connectivity index (χ1v) is 17.1. The maximum Gasteiger partial charge on any atom is 0.111 e. The van der Waals surface area contributed by atoms with Gasteiger partial charge in [0.25, 0.3) is 0 Å². The molecule has 0 aliphatic rings. The number of rotatable bonds is 39. The van der Waals surface area contributed by atoms with Crippen LogP contribution in [0.2, 0.25) is 0 Å². The van der Waals surface area contributed by atoms with E-state index in [0.717, 1.165) is 0 Å². The number of hydrogen-bond donors (Lipinski definition) is 10. The molecule has 0 aromatic heterocycles. The molecule has 0 fully saturated rings. The first kappa shape index (κ1) is 50.5. The Kier molecular flexibility index (Phi) is 34.3. The Morgan fingerprint density at radius 1 is 0.423 bits per heavy atom. The van der Waals surface area contributed by atoms with Crippen LogP contribution in [0.25, 0.3) is 10.4 Å². The van der Waals surface area contributed by atoms with E-state index >= 15 is 0 Å². The fourth-order valence-electron chi connectivity index (χ4n) is 4.11. The zero-order chi connectivity index (χ0) is 38.8. The summed E-state index contributed by atoms with van der Waals surface area (Å²) >= 11 is 0. The van der Waals surface area contributed by atoms with Crippen molar-refractivity contribution in [2.45, 2.75) is 48.8 Å². The molecule has 22 heteroatoms. The van der Waals surface area contributed by atoms with E-state index in [1.807, 2.05) is 0 Å². The normalized spacial score (nSPS) is 16.6. The molecule has 0 spiro atoms. The fraction of sp³-hybridized carbons (Fsp3) is 1.00. The number of aliphatic hydroxyl groups is 10. The van der Waals surface area contributed by atoms with E-state index in [4.69, 9.17) is 53.6 Å². The minimum Gasteiger partial charge on any atom is -0.394 e. The highest BCUT2D eigenvalue weighted by atomic mass is 16.6. The molecule has 0 radical (unpaired) electrons. The summed E-state index contributed by atoms with van der Waals surface area (Å²) in [7, 11) is 0. The van der Waals surface area contributed by atoms with Gasteiger partial charge in [-0.2, -0.15) is 0 Å². The molecule has 0 heterocycles. The van der Waals surface area contributed by atoms with E-state index in [1.54, 1.807) is 0 Å². The average molecular weight is 767 g/mol. The molecule has 22 nitrogen and oxygen atoms in total. The van der Waals surface area contributed by atoms with Crippen LogP contribution in [-0.2, 0) is 37.9 Å². The van der Waals surface area contributed by atoms with Crippen molar-refractivity contribution in [2.75, 3.05) is 145 Å². The van der Waals surface area contributed by atoms with E-state index in [0.29, 0.717) is 92.4 Å². The van der Waals surface area contributed by atoms with Gasteiger partial charge in [-0.15, -0.1) is 0 Å². The highest BCUT2D eigenvalue weighted by Crippen LogP contribution is 2.11. The van der Waals surface area contributed by atoms with Crippen molar-refractivity contribution in [1.29, 1.82) is 0 Å². The van der Waals surface area contributed by atoms with Gasteiger partial charge in [-0.05, 0) is 5.53 Å². The average Bonchev–Trinajstić information content (AvgIpc) is 3.15. The zero-order valence-corrected chi connectivity index (χ0v) is 29.7. The quantitative estimate of drug-likeness (QED) is 0.0121. The predicted octanol–water partition coefficient (Wildman–Crippen LogP) is -5.40. The topological polar surface area (TPSA) is 328 Å². The smallest absolute Gasteiger partial charge is 0.111 e. The summed E-state index contributed by atoms with van der Waals surface area (Å²) < 4.78 is 43.2. The molecule has 0 aromatic rings. The molecule has 0 aliphatic heterocycles. The van der Waals surface area contributed by atoms with Crippen molar-refractivity contribution in [3.63, 3.8) is 0 Å². The third kappa shape index (κ3) is 27.2. The van der Waals surface area contributed by atoms with Crippen molar-refractivity contribution in [3.8, 4) is 0 Å². The summed E-state index contributed by atoms with van der Waals surface area (Å²) in [5.74, 6) is 0. The van der Waals surface area contributed by atoms with Gasteiger partial charge in [0, 0.05) is 31.1 Å². The van der Waals surface area contributed by atoms with Gasteiger partial charge in [-0.3, -0.25) is 4.90 Å². The van der Waals surface area contributed by atoms with Crippen molar-refractivity contribution in [1.82, 2.24) is 4.90 Å². The number of hydrogen-bond acceptors (Lipinski definition) is 20. The molecule has 0 amide bonds. The first-order chi connectivity index (χ1) is 25.1. The second kappa shape index (κ2) is 35.3. The lowest BCUT2D eigenvalue weighted by Crippen LogP contribution is -2.53. The SMILES string of the molecule is [N-]=[N+]=NCCOCCOCCOCCOCCOCCOCCOCCOCCN(CC(O)C(O)C(O)C(O)CO)C[C@H](O)[C@@H](O)[C@H](O)[C@H](O)CO. The largest absolute Gasteiger partial charge is 0.394 e. The Morgan fingerprint density at radius 2 is 0.692 bits per heavy atom. The van der Waals surface area contributed by atoms with E-state index in [-0.39, 0.29) is 39.5 Å². The van der Waals surface area contributed by atoms with Gasteiger partial charge in [0.2, 0.25) is 0 Å². The van der Waals surface area contributed by atoms with Crippen molar-refractivity contribution in [2.24, 2.45) is 5.11 Å². The van der Waals surface area contributed by atoms with Gasteiger partial charge < -0.3 is 89.0 Å². The molecule has 0 aliphatic carbocycles. The number of ether oxygens (including phenoxy) is 8. The van der Waals surface area contributed by atoms with E-state index in [9.17, 15) is 40.9 Å². The van der Waals surface area contributed by atoms with Gasteiger partial charge in [0.15, 0.2) is 0 Å². The molecule has 8 atom stereocenters. The first-order valence-electron chi connectivity index (χ1n) is 17.1. The van der Waals surface area contributed by atoms with Crippen LogP contribution in [0.3, 0.4) is 0 Å². The lowest BCUT2D eigenvalue weighted by molar-refractivity contribution is -0.131. The molecule has 52 heavy (non-hydrogen) atoms. The summed E-state index contributed by atoms with van der Waals surface area (Å²) in [4.78, 5) is 3.97. The maximum absolute atomic E-state index is 10.4. The van der Waals surface area contributed by atoms with Crippen LogP contribution in [0.15, 0.2) is 5.11 Å². The van der Waals surface area contributed by atoms with Crippen molar-refractivity contribution >= 4 is 0 Å². The Bertz CT molecular complexity index is 809. The second-order valence-corrected chi connectivity index (χ2v) is 11.2. The maximum atomic E-state index is 10.4. The summed E-state index contributed by atoms with van der Waals surface area (Å²) in [5.41, 5.74) is 8.14. The summed E-state index contributed by atoms with van der Waals surface area (Å²) in [6.45, 7) is 3.38. The number of aliphatic hydroxyl groups excluding tert-OH is 10. The van der Waals surface area contributed by atoms with Crippen LogP contribution in [-0.4, -0.2) is 250 Å². The van der Waals surface area contributed by atoms with Crippen LogP contribution in [0, 0.1) is 0 Å². The molecule has 0 aromatic carbocycles. The lowest BCUT2D eigenvalue weighted by Gasteiger charge is -2.33. The van der Waals surface area contributed by atoms with Crippen LogP contribution < -0.4 is 0 Å². The van der Waals surface area contributed by atoms with Gasteiger partial charge >= 0.3 is 0 Å². The lowest BCUT2D eigenvalue weighted by atomic mass is 10.0. The molecular formula is C30H62N4O18. The molecule has 10 N–H and O–H groups in total. The number of azide groups is 1. The Morgan fingerprint density at radius 3 is 0.981 bits per heavy atom. The molecule has 310 valence electrons. The zero-order valence-electron chi connectivity index (χ0n) is 29.7. The third-order valence-corrected chi connectivity index (χ3v) is 7.10. The molecule has 0 saturated carbocycles. The third-order valence-electron chi connectivity index (χ3n) is 7.10. The van der Waals surface area contributed by atoms with Crippen LogP contribution in [0.1, 0.15) is 0 Å². The minimum absolute atomic E-state index is 0.0311. The van der Waals surface area contributed by atoms with Crippen molar-refractivity contribution < 1.29 is 89.0 Å². The minimum atomic E-state index is -1.87. The van der Waals surface area contributed by atoms with E-state index in [1.165, 1.54) is 4.90 Å². The molecule has 0 rings (SSSR count). The molecule has 0 bridgehead atoms. The van der Waals surface area contributed by atoms with Crippen LogP contribution >= 0.6 is 0 Å². The predicted molar refractivity (Wildman–Crippen MR) is 179 cm³/mol. The van der Waals surface area contributed by atoms with Gasteiger partial charge in [0.1, 0.15) is 36.6 Å². The van der Waals surface area contributed by atoms with Gasteiger partial charge in [-0.25, -0.2) is 0 Å². The summed E-state index contributed by atoms with van der Waals surface area (Å²) in [5, 5.41) is 101. The van der Waals surface area contributed by atoms with Gasteiger partial charge in [-0.1, -0.05) is 5.11 Å². The molecule has 4 unspecified atom stereocenters. The standard InChI is InChI=1S/C30H62N4O18/c31-33-32-1-3-45-5-7-47-9-11-49-13-15-51-17-18-52-16-14-50-12-10-48-8-6-46-4-2-34(19-23(37)27(41)29(43)25(39)21-35)20-24(38)28(42)30(44)26(40)22-36/h23-30,35-44H,1-22H2/t23-,24?,25+,26?,27+,28?,29+,30?/m0/s1. The molecular weight excluding hydrogens is 704 g/mol. The van der Waals surface area contributed by atoms with Crippen LogP contribution in [0.4, 0.5) is 0 Å². The second-order valence-electron chi connectivity index (χ2n) is 11.2. The van der Waals surface area contributed by atoms with Crippen LogP contribution in [0.5, 0.6) is 0 Å². The highest BCUT2D eigenvalue weighted by molar-refractivity contribution is 4.86. The van der Waals surface area contributed by atoms with E-state index < -0.39 is 62.0 Å².